The van der Waals surface area contributed by atoms with Crippen LogP contribution in [0.4, 0.5) is 5.95 Å². The summed E-state index contributed by atoms with van der Waals surface area (Å²) in [5, 5.41) is 7.06. The van der Waals surface area contributed by atoms with E-state index < -0.39 is 0 Å². The number of aromatic amines is 1. The summed E-state index contributed by atoms with van der Waals surface area (Å²) >= 11 is 0. The number of rotatable bonds is 3. The van der Waals surface area contributed by atoms with Crippen molar-refractivity contribution in [3.63, 3.8) is 0 Å². The maximum Gasteiger partial charge on any atom is 0.225 e. The van der Waals surface area contributed by atoms with E-state index in [0.29, 0.717) is 0 Å². The van der Waals surface area contributed by atoms with E-state index in [2.05, 4.69) is 34.9 Å². The highest BCUT2D eigenvalue weighted by Gasteiger charge is 2.19. The summed E-state index contributed by atoms with van der Waals surface area (Å²) in [6, 6.07) is 1.92. The lowest BCUT2D eigenvalue weighted by Gasteiger charge is -2.34. The zero-order chi connectivity index (χ0) is 13.9. The number of aryl methyl sites for hydroxylation is 2. The van der Waals surface area contributed by atoms with Crippen LogP contribution >= 0.6 is 0 Å². The van der Waals surface area contributed by atoms with Crippen LogP contribution in [-0.2, 0) is 6.54 Å². The molecule has 0 unspecified atom stereocenters. The van der Waals surface area contributed by atoms with Crippen molar-refractivity contribution in [1.29, 1.82) is 0 Å². The molecule has 0 radical (unpaired) electrons. The topological polar surface area (TPSA) is 73.8 Å². The van der Waals surface area contributed by atoms with Crippen LogP contribution in [0.1, 0.15) is 17.3 Å². The molecule has 0 bridgehead atoms. The Hall–Kier alpha value is -2.02. The average molecular weight is 273 g/mol. The van der Waals surface area contributed by atoms with Crippen molar-refractivity contribution < 1.29 is 0 Å². The molecule has 0 atom stereocenters. The molecule has 7 heteroatoms. The molecule has 3 heterocycles. The first-order valence-corrected chi connectivity index (χ1v) is 6.85. The molecule has 1 N–H and O–H groups in total. The normalized spacial score (nSPS) is 16.6. The number of anilines is 1. The van der Waals surface area contributed by atoms with Crippen molar-refractivity contribution in [3.8, 4) is 0 Å². The Morgan fingerprint density at radius 1 is 1.15 bits per heavy atom. The second-order valence-corrected chi connectivity index (χ2v) is 5.10. The Labute approximate surface area is 118 Å². The third-order valence-electron chi connectivity index (χ3n) is 3.45. The molecular weight excluding hydrogens is 254 g/mol. The largest absolute Gasteiger partial charge is 0.338 e. The van der Waals surface area contributed by atoms with Gasteiger partial charge >= 0.3 is 0 Å². The number of H-pyrrole nitrogens is 1. The van der Waals surface area contributed by atoms with Crippen LogP contribution in [0.15, 0.2) is 12.3 Å². The predicted octanol–water partition coefficient (Wildman–Crippen LogP) is 0.534. The number of aromatic nitrogens is 5. The van der Waals surface area contributed by atoms with Gasteiger partial charge in [-0.05, 0) is 19.9 Å². The van der Waals surface area contributed by atoms with Gasteiger partial charge in [-0.25, -0.2) is 15.0 Å². The van der Waals surface area contributed by atoms with E-state index in [9.17, 15) is 0 Å². The molecule has 3 rings (SSSR count). The minimum atomic E-state index is 0.798. The summed E-state index contributed by atoms with van der Waals surface area (Å²) in [6.45, 7) is 8.54. The van der Waals surface area contributed by atoms with Gasteiger partial charge in [-0.1, -0.05) is 0 Å². The summed E-state index contributed by atoms with van der Waals surface area (Å²) in [4.78, 5) is 17.7. The van der Waals surface area contributed by atoms with E-state index in [-0.39, 0.29) is 0 Å². The number of piperazine rings is 1. The smallest absolute Gasteiger partial charge is 0.225 e. The molecule has 1 saturated heterocycles. The van der Waals surface area contributed by atoms with Crippen molar-refractivity contribution in [1.82, 2.24) is 30.0 Å². The number of nitrogens with zero attached hydrogens (tertiary/aromatic N) is 6. The van der Waals surface area contributed by atoms with Crippen molar-refractivity contribution in [2.24, 2.45) is 0 Å². The molecule has 20 heavy (non-hydrogen) atoms. The monoisotopic (exact) mass is 273 g/mol. The minimum Gasteiger partial charge on any atom is -0.338 e. The van der Waals surface area contributed by atoms with Crippen LogP contribution in [0.25, 0.3) is 0 Å². The number of hydrogen-bond acceptors (Lipinski definition) is 6. The third-order valence-corrected chi connectivity index (χ3v) is 3.45. The van der Waals surface area contributed by atoms with Crippen LogP contribution in [0, 0.1) is 13.8 Å². The van der Waals surface area contributed by atoms with E-state index in [0.717, 1.165) is 56.0 Å². The fourth-order valence-electron chi connectivity index (χ4n) is 2.35. The van der Waals surface area contributed by atoms with Gasteiger partial charge in [-0.3, -0.25) is 10.00 Å². The van der Waals surface area contributed by atoms with Gasteiger partial charge < -0.3 is 4.90 Å². The van der Waals surface area contributed by atoms with Gasteiger partial charge in [0.2, 0.25) is 5.95 Å². The first-order chi connectivity index (χ1) is 9.70. The fraction of sp³-hybridized carbons (Fsp3) is 0.538. The lowest BCUT2D eigenvalue weighted by molar-refractivity contribution is 0.243. The Morgan fingerprint density at radius 3 is 2.60 bits per heavy atom. The molecule has 0 aromatic carbocycles. The molecule has 0 saturated carbocycles. The third kappa shape index (κ3) is 2.93. The molecule has 106 valence electrons. The number of hydrogen-bond donors (Lipinski definition) is 1. The molecular formula is C13H19N7. The van der Waals surface area contributed by atoms with Crippen molar-refractivity contribution in [2.75, 3.05) is 31.1 Å². The van der Waals surface area contributed by atoms with E-state index in [1.807, 2.05) is 26.1 Å². The zero-order valence-electron chi connectivity index (χ0n) is 11.9. The van der Waals surface area contributed by atoms with E-state index in [4.69, 9.17) is 0 Å². The van der Waals surface area contributed by atoms with E-state index in [1.165, 1.54) is 0 Å². The molecule has 1 aliphatic heterocycles. The molecule has 2 aromatic rings. The number of nitrogens with one attached hydrogen (secondary N) is 1. The minimum absolute atomic E-state index is 0.798. The second kappa shape index (κ2) is 5.54. The van der Waals surface area contributed by atoms with Gasteiger partial charge in [0, 0.05) is 38.1 Å². The fourth-order valence-corrected chi connectivity index (χ4v) is 2.35. The van der Waals surface area contributed by atoms with Crippen LogP contribution in [0.5, 0.6) is 0 Å². The van der Waals surface area contributed by atoms with Crippen LogP contribution < -0.4 is 4.90 Å². The van der Waals surface area contributed by atoms with Gasteiger partial charge in [-0.2, -0.15) is 5.10 Å². The van der Waals surface area contributed by atoms with Gasteiger partial charge in [0.15, 0.2) is 5.82 Å². The maximum absolute atomic E-state index is 4.48. The van der Waals surface area contributed by atoms with Crippen LogP contribution in [-0.4, -0.2) is 56.2 Å². The summed E-state index contributed by atoms with van der Waals surface area (Å²) in [7, 11) is 0. The quantitative estimate of drug-likeness (QED) is 0.879. The second-order valence-electron chi connectivity index (χ2n) is 5.10. The van der Waals surface area contributed by atoms with E-state index in [1.54, 1.807) is 0 Å². The summed E-state index contributed by atoms with van der Waals surface area (Å²) < 4.78 is 0. The highest BCUT2D eigenvalue weighted by Crippen LogP contribution is 2.12. The standard InChI is InChI=1S/C13H19N7/c1-10-3-4-14-13(15-10)20-7-5-19(6-8-20)9-12-16-11(2)17-18-12/h3-4H,5-9H2,1-2H3,(H,16,17,18). The maximum atomic E-state index is 4.48. The van der Waals surface area contributed by atoms with Crippen molar-refractivity contribution >= 4 is 5.95 Å². The van der Waals surface area contributed by atoms with Crippen LogP contribution in [0.2, 0.25) is 0 Å². The Morgan fingerprint density at radius 2 is 1.95 bits per heavy atom. The van der Waals surface area contributed by atoms with Crippen LogP contribution in [0.3, 0.4) is 0 Å². The highest BCUT2D eigenvalue weighted by molar-refractivity contribution is 5.30. The predicted molar refractivity (Wildman–Crippen MR) is 75.4 cm³/mol. The SMILES string of the molecule is Cc1ccnc(N2CCN(Cc3n[nH]c(C)n3)CC2)n1. The first kappa shape index (κ1) is 13.0. The summed E-state index contributed by atoms with van der Waals surface area (Å²) in [5.74, 6) is 2.56. The molecule has 7 nitrogen and oxygen atoms in total. The molecule has 0 spiro atoms. The Bertz CT molecular complexity index is 572. The van der Waals surface area contributed by atoms with E-state index >= 15 is 0 Å². The average Bonchev–Trinajstić information content (AvgIpc) is 2.85. The summed E-state index contributed by atoms with van der Waals surface area (Å²) in [5.41, 5.74) is 1.01. The molecule has 2 aromatic heterocycles. The summed E-state index contributed by atoms with van der Waals surface area (Å²) in [6.07, 6.45) is 1.82. The molecule has 1 fully saturated rings. The van der Waals surface area contributed by atoms with Crippen molar-refractivity contribution in [2.45, 2.75) is 20.4 Å². The molecule has 0 aliphatic carbocycles. The molecule has 1 aliphatic rings. The van der Waals surface area contributed by atoms with Gasteiger partial charge in [0.25, 0.3) is 0 Å². The lowest BCUT2D eigenvalue weighted by atomic mass is 10.3. The van der Waals surface area contributed by atoms with Gasteiger partial charge in [0.05, 0.1) is 6.54 Å². The Kier molecular flexibility index (Phi) is 3.60. The van der Waals surface area contributed by atoms with Gasteiger partial charge in [-0.15, -0.1) is 0 Å². The zero-order valence-corrected chi connectivity index (χ0v) is 11.9. The highest BCUT2D eigenvalue weighted by atomic mass is 15.3. The van der Waals surface area contributed by atoms with Gasteiger partial charge in [0.1, 0.15) is 5.82 Å². The lowest BCUT2D eigenvalue weighted by Crippen LogP contribution is -2.46. The first-order valence-electron chi connectivity index (χ1n) is 6.85. The Balaban J connectivity index is 1.57. The van der Waals surface area contributed by atoms with Crippen molar-refractivity contribution in [3.05, 3.63) is 29.6 Å². The molecule has 0 amide bonds.